The fourth-order valence-corrected chi connectivity index (χ4v) is 4.71. The molecule has 7 N–H and O–H groups in total. The number of aliphatic hydroxyl groups is 1. The van der Waals surface area contributed by atoms with E-state index in [1.54, 1.807) is 31.3 Å². The van der Waals surface area contributed by atoms with Crippen LogP contribution in [0.3, 0.4) is 0 Å². The first-order valence-electron chi connectivity index (χ1n) is 13.4. The Hall–Kier alpha value is -3.71. The minimum absolute atomic E-state index is 0.0405. The average Bonchev–Trinajstić information content (AvgIpc) is 3.37. The number of amidine groups is 1. The fraction of sp³-hybridized carbons (Fsp3) is 0.345. The number of nitrogens with one attached hydrogen (secondary N) is 4. The highest BCUT2D eigenvalue weighted by Gasteiger charge is 2.26. The fourth-order valence-electron chi connectivity index (χ4n) is 4.47. The predicted octanol–water partition coefficient (Wildman–Crippen LogP) is 4.13. The van der Waals surface area contributed by atoms with Gasteiger partial charge in [0, 0.05) is 42.7 Å². The van der Waals surface area contributed by atoms with Crippen molar-refractivity contribution in [2.75, 3.05) is 19.7 Å². The van der Waals surface area contributed by atoms with Crippen LogP contribution in [0.4, 0.5) is 13.2 Å². The Morgan fingerprint density at radius 1 is 1.24 bits per heavy atom. The maximum Gasteiger partial charge on any atom is 0.354 e. The van der Waals surface area contributed by atoms with Crippen molar-refractivity contribution in [2.24, 2.45) is 5.73 Å². The van der Waals surface area contributed by atoms with Crippen LogP contribution in [0.15, 0.2) is 53.5 Å². The lowest BCUT2D eigenvalue weighted by Gasteiger charge is -2.17. The normalized spacial score (nSPS) is 12.5. The Balaban J connectivity index is 1.52. The zero-order valence-corrected chi connectivity index (χ0v) is 23.7. The number of rotatable bonds is 13. The molecule has 0 radical (unpaired) electrons. The van der Waals surface area contributed by atoms with Gasteiger partial charge in [-0.25, -0.2) is 18.0 Å². The zero-order chi connectivity index (χ0) is 30.4. The summed E-state index contributed by atoms with van der Waals surface area (Å²) >= 11 is 6.08. The minimum atomic E-state index is -3.04. The van der Waals surface area contributed by atoms with E-state index in [4.69, 9.17) is 22.7 Å². The summed E-state index contributed by atoms with van der Waals surface area (Å²) in [7, 11) is 0. The van der Waals surface area contributed by atoms with Crippen molar-refractivity contribution in [1.82, 2.24) is 25.2 Å². The summed E-state index contributed by atoms with van der Waals surface area (Å²) in [6.45, 7) is 1.91. The number of H-pyrrole nitrogens is 1. The molecular weight excluding hydrogens is 571 g/mol. The topological polar surface area (TPSA) is 145 Å². The van der Waals surface area contributed by atoms with Gasteiger partial charge in [0.2, 0.25) is 0 Å². The molecule has 0 spiro atoms. The molecule has 2 aromatic heterocycles. The monoisotopic (exact) mass is 603 g/mol. The molecule has 0 unspecified atom stereocenters. The molecule has 0 bridgehead atoms. The summed E-state index contributed by atoms with van der Waals surface area (Å²) in [6, 6.07) is 11.5. The van der Waals surface area contributed by atoms with E-state index in [1.165, 1.54) is 16.7 Å². The lowest BCUT2D eigenvalue weighted by molar-refractivity contribution is 0.00246. The first-order chi connectivity index (χ1) is 20.0. The number of alkyl halides is 2. The molecule has 2 heterocycles. The van der Waals surface area contributed by atoms with Crippen LogP contribution in [-0.4, -0.2) is 57.1 Å². The molecule has 0 fully saturated rings. The second kappa shape index (κ2) is 13.5. The van der Waals surface area contributed by atoms with Crippen molar-refractivity contribution in [3.8, 4) is 16.9 Å². The lowest BCUT2D eigenvalue weighted by Crippen LogP contribution is -2.35. The summed E-state index contributed by atoms with van der Waals surface area (Å²) < 4.78 is 43.7. The lowest BCUT2D eigenvalue weighted by atomic mass is 10.0. The molecule has 4 rings (SSSR count). The molecule has 1 atom stereocenters. The number of hydrogen-bond acceptors (Lipinski definition) is 6. The van der Waals surface area contributed by atoms with E-state index in [0.717, 1.165) is 5.56 Å². The summed E-state index contributed by atoms with van der Waals surface area (Å²) in [5, 5.41) is 23.5. The van der Waals surface area contributed by atoms with Crippen molar-refractivity contribution in [3.63, 3.8) is 0 Å². The van der Waals surface area contributed by atoms with E-state index >= 15 is 0 Å². The summed E-state index contributed by atoms with van der Waals surface area (Å²) in [6.07, 6.45) is 1.69. The largest absolute Gasteiger partial charge is 0.395 e. The standard InChI is InChI=1S/C29H33ClF3N7O2/c1-17(35)36-9-7-21(15-41)37-13-18-2-4-22(5-3-18)40-14-20-12-25(38-27(20)39-28(40)42)23-10-19(11-24(30)26(23)31)6-8-29(32,33)16-34/h2-5,10-12,14,21,37,41H,6-9,13,15-16,34H2,1H3,(H2,35,36)(H,38,39,42)/t21-/m1/s1. The second-order valence-electron chi connectivity index (χ2n) is 10.1. The van der Waals surface area contributed by atoms with Crippen LogP contribution in [0.1, 0.15) is 30.9 Å². The van der Waals surface area contributed by atoms with Gasteiger partial charge in [0.1, 0.15) is 5.65 Å². The molecule has 9 nitrogen and oxygen atoms in total. The number of nitrogens with zero attached hydrogens (tertiary/aromatic N) is 2. The number of aliphatic hydroxyl groups excluding tert-OH is 1. The van der Waals surface area contributed by atoms with Crippen LogP contribution in [-0.2, 0) is 13.0 Å². The van der Waals surface area contributed by atoms with Gasteiger partial charge in [-0.2, -0.15) is 4.98 Å². The number of nitrogens with two attached hydrogens (primary N) is 1. The number of benzene rings is 2. The van der Waals surface area contributed by atoms with Crippen LogP contribution in [0.25, 0.3) is 28.0 Å². The van der Waals surface area contributed by atoms with E-state index < -0.39 is 30.4 Å². The van der Waals surface area contributed by atoms with E-state index in [-0.39, 0.29) is 35.3 Å². The third-order valence-corrected chi connectivity index (χ3v) is 7.15. The van der Waals surface area contributed by atoms with Gasteiger partial charge in [0.05, 0.1) is 35.4 Å². The third kappa shape index (κ3) is 7.77. The van der Waals surface area contributed by atoms with Gasteiger partial charge in [-0.3, -0.25) is 9.98 Å². The maximum absolute atomic E-state index is 15.0. The number of fused-ring (bicyclic) bond motifs is 1. The van der Waals surface area contributed by atoms with Gasteiger partial charge >= 0.3 is 5.69 Å². The molecule has 42 heavy (non-hydrogen) atoms. The molecule has 0 aliphatic heterocycles. The maximum atomic E-state index is 15.0. The van der Waals surface area contributed by atoms with Gasteiger partial charge in [0.15, 0.2) is 5.82 Å². The molecule has 0 saturated heterocycles. The Morgan fingerprint density at radius 3 is 2.64 bits per heavy atom. The van der Waals surface area contributed by atoms with E-state index in [1.807, 2.05) is 12.1 Å². The Bertz CT molecular complexity index is 1610. The molecule has 2 aromatic carbocycles. The van der Waals surface area contributed by atoms with E-state index in [9.17, 15) is 23.1 Å². The molecule has 0 saturated carbocycles. The SMILES string of the molecule is CC(=N)NCC[C@H](CO)NCc1ccc(-n2cc3cc(-c4cc(CCC(F)(F)CN)cc(Cl)c4F)[nH]c3nc2=O)cc1. The van der Waals surface area contributed by atoms with Crippen LogP contribution in [0, 0.1) is 11.2 Å². The van der Waals surface area contributed by atoms with Crippen LogP contribution in [0.2, 0.25) is 5.02 Å². The Kier molecular flexibility index (Phi) is 10.0. The number of hydrogen-bond donors (Lipinski definition) is 6. The predicted molar refractivity (Wildman–Crippen MR) is 158 cm³/mol. The first kappa shape index (κ1) is 31.2. The van der Waals surface area contributed by atoms with Crippen LogP contribution in [0.5, 0.6) is 0 Å². The third-order valence-electron chi connectivity index (χ3n) is 6.88. The van der Waals surface area contributed by atoms with Gasteiger partial charge in [0.25, 0.3) is 5.92 Å². The quantitative estimate of drug-likeness (QED) is 0.100. The average molecular weight is 604 g/mol. The second-order valence-corrected chi connectivity index (χ2v) is 10.6. The number of aryl methyl sites for hydroxylation is 1. The smallest absolute Gasteiger partial charge is 0.354 e. The molecule has 224 valence electrons. The van der Waals surface area contributed by atoms with Gasteiger partial charge in [-0.1, -0.05) is 23.7 Å². The molecule has 4 aromatic rings. The minimum Gasteiger partial charge on any atom is -0.395 e. The summed E-state index contributed by atoms with van der Waals surface area (Å²) in [5.74, 6) is -3.39. The Labute approximate surface area is 245 Å². The molecule has 13 heteroatoms. The summed E-state index contributed by atoms with van der Waals surface area (Å²) in [5.41, 5.74) is 7.12. The number of aromatic amines is 1. The van der Waals surface area contributed by atoms with Crippen LogP contribution >= 0.6 is 11.6 Å². The molecule has 0 aliphatic carbocycles. The first-order valence-corrected chi connectivity index (χ1v) is 13.8. The summed E-state index contributed by atoms with van der Waals surface area (Å²) in [4.78, 5) is 19.9. The number of aromatic nitrogens is 3. The van der Waals surface area contributed by atoms with Crippen molar-refractivity contribution in [1.29, 1.82) is 5.41 Å². The molecular formula is C29H33ClF3N7O2. The highest BCUT2D eigenvalue weighted by molar-refractivity contribution is 6.31. The van der Waals surface area contributed by atoms with Crippen molar-refractivity contribution in [3.05, 3.63) is 81.1 Å². The van der Waals surface area contributed by atoms with Crippen molar-refractivity contribution < 1.29 is 18.3 Å². The van der Waals surface area contributed by atoms with Crippen molar-refractivity contribution >= 4 is 28.5 Å². The zero-order valence-electron chi connectivity index (χ0n) is 23.0. The van der Waals surface area contributed by atoms with E-state index in [0.29, 0.717) is 47.7 Å². The van der Waals surface area contributed by atoms with Crippen molar-refractivity contribution in [2.45, 2.75) is 44.7 Å². The van der Waals surface area contributed by atoms with Gasteiger partial charge in [-0.15, -0.1) is 0 Å². The molecule has 0 amide bonds. The van der Waals surface area contributed by atoms with Gasteiger partial charge in [-0.05, 0) is 61.2 Å². The van der Waals surface area contributed by atoms with Crippen LogP contribution < -0.4 is 22.1 Å². The van der Waals surface area contributed by atoms with E-state index in [2.05, 4.69) is 20.6 Å². The highest BCUT2D eigenvalue weighted by atomic mass is 35.5. The molecule has 0 aliphatic rings. The highest BCUT2D eigenvalue weighted by Crippen LogP contribution is 2.32. The number of halogens is 4. The Morgan fingerprint density at radius 2 is 1.98 bits per heavy atom. The van der Waals surface area contributed by atoms with Gasteiger partial charge < -0.3 is 26.5 Å².